The van der Waals surface area contributed by atoms with Crippen LogP contribution in [0, 0.1) is 10.7 Å². The zero-order valence-electron chi connectivity index (χ0n) is 9.73. The average Bonchev–Trinajstić information content (AvgIpc) is 2.72. The first-order valence-corrected chi connectivity index (χ1v) is 6.61. The SMILES string of the molecule is COCC(C)Cn1c(=S)[nH]c2sccc2c1=O. The van der Waals surface area contributed by atoms with Crippen molar-refractivity contribution in [2.45, 2.75) is 13.5 Å². The van der Waals surface area contributed by atoms with Crippen LogP contribution in [0.2, 0.25) is 0 Å². The second kappa shape index (κ2) is 5.12. The van der Waals surface area contributed by atoms with Crippen molar-refractivity contribution in [3.05, 3.63) is 26.6 Å². The summed E-state index contributed by atoms with van der Waals surface area (Å²) in [6.45, 7) is 3.22. The smallest absolute Gasteiger partial charge is 0.263 e. The molecular weight excluding hydrogens is 256 g/mol. The molecule has 2 heterocycles. The van der Waals surface area contributed by atoms with Gasteiger partial charge in [-0.05, 0) is 29.6 Å². The number of hydrogen-bond acceptors (Lipinski definition) is 4. The van der Waals surface area contributed by atoms with Gasteiger partial charge in [-0.1, -0.05) is 6.92 Å². The number of aromatic nitrogens is 2. The molecular formula is C11H14N2O2S2. The van der Waals surface area contributed by atoms with Gasteiger partial charge in [0, 0.05) is 13.7 Å². The van der Waals surface area contributed by atoms with E-state index in [4.69, 9.17) is 17.0 Å². The molecule has 2 aromatic rings. The van der Waals surface area contributed by atoms with Gasteiger partial charge in [0.05, 0.1) is 12.0 Å². The first-order chi connectivity index (χ1) is 8.13. The molecule has 2 aromatic heterocycles. The van der Waals surface area contributed by atoms with Gasteiger partial charge >= 0.3 is 0 Å². The lowest BCUT2D eigenvalue weighted by Crippen LogP contribution is -2.26. The maximum Gasteiger partial charge on any atom is 0.263 e. The number of methoxy groups -OCH3 is 1. The van der Waals surface area contributed by atoms with Crippen molar-refractivity contribution < 1.29 is 4.74 Å². The molecule has 0 saturated carbocycles. The highest BCUT2D eigenvalue weighted by Crippen LogP contribution is 2.14. The van der Waals surface area contributed by atoms with E-state index in [2.05, 4.69) is 4.98 Å². The van der Waals surface area contributed by atoms with Crippen molar-refractivity contribution in [2.24, 2.45) is 5.92 Å². The Morgan fingerprint density at radius 3 is 3.12 bits per heavy atom. The highest BCUT2D eigenvalue weighted by atomic mass is 32.1. The van der Waals surface area contributed by atoms with Crippen LogP contribution in [0.5, 0.6) is 0 Å². The first-order valence-electron chi connectivity index (χ1n) is 5.32. The number of ether oxygens (including phenoxy) is 1. The largest absolute Gasteiger partial charge is 0.384 e. The fourth-order valence-corrected chi connectivity index (χ4v) is 2.89. The molecule has 1 unspecified atom stereocenters. The second-order valence-corrected chi connectivity index (χ2v) is 5.37. The summed E-state index contributed by atoms with van der Waals surface area (Å²) >= 11 is 6.70. The second-order valence-electron chi connectivity index (χ2n) is 4.07. The van der Waals surface area contributed by atoms with Crippen LogP contribution in [0.15, 0.2) is 16.2 Å². The summed E-state index contributed by atoms with van der Waals surface area (Å²) < 4.78 is 7.16. The highest BCUT2D eigenvalue weighted by molar-refractivity contribution is 7.71. The number of H-pyrrole nitrogens is 1. The summed E-state index contributed by atoms with van der Waals surface area (Å²) in [5.41, 5.74) is -0.0204. The van der Waals surface area contributed by atoms with Crippen molar-refractivity contribution >= 4 is 33.8 Å². The van der Waals surface area contributed by atoms with Gasteiger partial charge in [-0.15, -0.1) is 11.3 Å². The molecule has 4 nitrogen and oxygen atoms in total. The van der Waals surface area contributed by atoms with Crippen LogP contribution >= 0.6 is 23.6 Å². The average molecular weight is 270 g/mol. The fraction of sp³-hybridized carbons (Fsp3) is 0.455. The number of thiophene rings is 1. The molecule has 2 rings (SSSR count). The lowest BCUT2D eigenvalue weighted by molar-refractivity contribution is 0.150. The standard InChI is InChI=1S/C11H14N2O2S2/c1-7(6-15-2)5-13-10(14)8-3-4-17-9(8)12-11(13)16/h3-4,7H,5-6H2,1-2H3,(H,12,16). The number of aromatic amines is 1. The summed E-state index contributed by atoms with van der Waals surface area (Å²) in [5.74, 6) is 0.254. The zero-order valence-corrected chi connectivity index (χ0v) is 11.4. The lowest BCUT2D eigenvalue weighted by Gasteiger charge is -2.12. The topological polar surface area (TPSA) is 47.0 Å². The van der Waals surface area contributed by atoms with Crippen LogP contribution in [-0.4, -0.2) is 23.3 Å². The predicted molar refractivity (Wildman–Crippen MR) is 72.3 cm³/mol. The summed E-state index contributed by atoms with van der Waals surface area (Å²) in [6, 6.07) is 1.82. The van der Waals surface area contributed by atoms with E-state index < -0.39 is 0 Å². The third kappa shape index (κ3) is 2.48. The van der Waals surface area contributed by atoms with E-state index in [1.54, 1.807) is 11.7 Å². The quantitative estimate of drug-likeness (QED) is 0.868. The number of nitrogens with zero attached hydrogens (tertiary/aromatic N) is 1. The van der Waals surface area contributed by atoms with Crippen molar-refractivity contribution in [3.8, 4) is 0 Å². The maximum atomic E-state index is 12.2. The minimum absolute atomic E-state index is 0.0204. The summed E-state index contributed by atoms with van der Waals surface area (Å²) in [4.78, 5) is 16.1. The molecule has 0 aromatic carbocycles. The van der Waals surface area contributed by atoms with Gasteiger partial charge in [0.2, 0.25) is 0 Å². The van der Waals surface area contributed by atoms with E-state index in [1.807, 2.05) is 18.4 Å². The van der Waals surface area contributed by atoms with Gasteiger partial charge in [0.25, 0.3) is 5.56 Å². The van der Waals surface area contributed by atoms with E-state index in [1.165, 1.54) is 11.3 Å². The molecule has 0 amide bonds. The van der Waals surface area contributed by atoms with Gasteiger partial charge in [-0.3, -0.25) is 9.36 Å². The normalized spacial score (nSPS) is 13.1. The number of fused-ring (bicyclic) bond motifs is 1. The first kappa shape index (κ1) is 12.5. The minimum Gasteiger partial charge on any atom is -0.384 e. The Morgan fingerprint density at radius 2 is 2.41 bits per heavy atom. The molecule has 0 spiro atoms. The molecule has 0 radical (unpaired) electrons. The van der Waals surface area contributed by atoms with Crippen LogP contribution in [0.3, 0.4) is 0 Å². The van der Waals surface area contributed by atoms with Crippen LogP contribution in [-0.2, 0) is 11.3 Å². The third-order valence-electron chi connectivity index (χ3n) is 2.55. The molecule has 1 N–H and O–H groups in total. The molecule has 6 heteroatoms. The van der Waals surface area contributed by atoms with E-state index in [-0.39, 0.29) is 11.5 Å². The van der Waals surface area contributed by atoms with Gasteiger partial charge in [0.15, 0.2) is 4.77 Å². The molecule has 1 atom stereocenters. The highest BCUT2D eigenvalue weighted by Gasteiger charge is 2.09. The zero-order chi connectivity index (χ0) is 12.4. The van der Waals surface area contributed by atoms with Gasteiger partial charge in [0.1, 0.15) is 4.83 Å². The summed E-state index contributed by atoms with van der Waals surface area (Å²) in [5, 5.41) is 2.59. The number of rotatable bonds is 4. The van der Waals surface area contributed by atoms with Crippen LogP contribution in [0.25, 0.3) is 10.2 Å². The van der Waals surface area contributed by atoms with Crippen molar-refractivity contribution in [3.63, 3.8) is 0 Å². The molecule has 92 valence electrons. The molecule has 0 fully saturated rings. The van der Waals surface area contributed by atoms with Crippen LogP contribution in [0.1, 0.15) is 6.92 Å². The Kier molecular flexibility index (Phi) is 3.76. The van der Waals surface area contributed by atoms with Crippen LogP contribution in [0.4, 0.5) is 0 Å². The lowest BCUT2D eigenvalue weighted by atomic mass is 10.2. The third-order valence-corrected chi connectivity index (χ3v) is 3.70. The maximum absolute atomic E-state index is 12.2. The Balaban J connectivity index is 2.46. The van der Waals surface area contributed by atoms with Crippen molar-refractivity contribution in [1.29, 1.82) is 0 Å². The van der Waals surface area contributed by atoms with Gasteiger partial charge in [-0.25, -0.2) is 0 Å². The van der Waals surface area contributed by atoms with Gasteiger partial charge in [-0.2, -0.15) is 0 Å². The monoisotopic (exact) mass is 270 g/mol. The molecule has 0 aliphatic heterocycles. The minimum atomic E-state index is -0.0204. The Hall–Kier alpha value is -0.980. The Bertz CT molecular complexity index is 626. The molecule has 17 heavy (non-hydrogen) atoms. The molecule has 0 saturated heterocycles. The van der Waals surface area contributed by atoms with Gasteiger partial charge < -0.3 is 9.72 Å². The van der Waals surface area contributed by atoms with E-state index in [0.717, 1.165) is 4.83 Å². The van der Waals surface area contributed by atoms with Crippen molar-refractivity contribution in [1.82, 2.24) is 9.55 Å². The van der Waals surface area contributed by atoms with E-state index in [9.17, 15) is 4.79 Å². The molecule has 0 bridgehead atoms. The van der Waals surface area contributed by atoms with Crippen molar-refractivity contribution in [2.75, 3.05) is 13.7 Å². The molecule has 0 aliphatic carbocycles. The Labute approximate surface area is 108 Å². The Morgan fingerprint density at radius 1 is 1.65 bits per heavy atom. The number of hydrogen-bond donors (Lipinski definition) is 1. The van der Waals surface area contributed by atoms with E-state index >= 15 is 0 Å². The number of nitrogens with one attached hydrogen (secondary N) is 1. The summed E-state index contributed by atoms with van der Waals surface area (Å²) in [6.07, 6.45) is 0. The van der Waals surface area contributed by atoms with Crippen LogP contribution < -0.4 is 5.56 Å². The van der Waals surface area contributed by atoms with E-state index in [0.29, 0.717) is 23.3 Å². The molecule has 0 aliphatic rings. The predicted octanol–water partition coefficient (Wildman–Crippen LogP) is 2.40. The summed E-state index contributed by atoms with van der Waals surface area (Å²) in [7, 11) is 1.65. The fourth-order valence-electron chi connectivity index (χ4n) is 1.79.